The van der Waals surface area contributed by atoms with Crippen molar-refractivity contribution in [2.75, 3.05) is 13.2 Å². The van der Waals surface area contributed by atoms with Gasteiger partial charge in [-0.15, -0.1) is 0 Å². The molecule has 3 heteroatoms. The van der Waals surface area contributed by atoms with Crippen molar-refractivity contribution in [3.63, 3.8) is 0 Å². The summed E-state index contributed by atoms with van der Waals surface area (Å²) in [5.41, 5.74) is -0.247. The second-order valence-electron chi connectivity index (χ2n) is 4.31. The van der Waals surface area contributed by atoms with E-state index in [2.05, 4.69) is 6.07 Å². The summed E-state index contributed by atoms with van der Waals surface area (Å²) in [4.78, 5) is 0. The third kappa shape index (κ3) is 1.56. The topological polar surface area (TPSA) is 42.2 Å². The molecule has 1 spiro atoms. The Hall–Kier alpha value is -0.590. The van der Waals surface area contributed by atoms with Gasteiger partial charge in [-0.25, -0.2) is 0 Å². The lowest BCUT2D eigenvalue weighted by atomic mass is 9.74. The molecule has 0 aromatic carbocycles. The Morgan fingerprint density at radius 3 is 2.54 bits per heavy atom. The van der Waals surface area contributed by atoms with Gasteiger partial charge in [-0.1, -0.05) is 0 Å². The van der Waals surface area contributed by atoms with Crippen LogP contribution in [-0.4, -0.2) is 19.0 Å². The zero-order chi connectivity index (χ0) is 9.36. The Balaban J connectivity index is 2.12. The minimum Gasteiger partial charge on any atom is -0.347 e. The van der Waals surface area contributed by atoms with Crippen LogP contribution < -0.4 is 0 Å². The summed E-state index contributed by atoms with van der Waals surface area (Å²) < 4.78 is 11.2. The zero-order valence-corrected chi connectivity index (χ0v) is 8.01. The van der Waals surface area contributed by atoms with Crippen LogP contribution in [0.15, 0.2) is 0 Å². The summed E-state index contributed by atoms with van der Waals surface area (Å²) in [5, 5.41) is 9.03. The second-order valence-corrected chi connectivity index (χ2v) is 4.31. The number of rotatable bonds is 0. The fourth-order valence-electron chi connectivity index (χ4n) is 2.36. The van der Waals surface area contributed by atoms with E-state index in [1.807, 2.05) is 6.92 Å². The number of ether oxygens (including phenoxy) is 2. The van der Waals surface area contributed by atoms with E-state index in [-0.39, 0.29) is 5.41 Å². The third-order valence-corrected chi connectivity index (χ3v) is 3.03. The van der Waals surface area contributed by atoms with Crippen LogP contribution in [0.2, 0.25) is 0 Å². The molecule has 1 aliphatic heterocycles. The van der Waals surface area contributed by atoms with Gasteiger partial charge in [0.05, 0.1) is 24.7 Å². The van der Waals surface area contributed by atoms with Gasteiger partial charge < -0.3 is 9.47 Å². The molecule has 0 radical (unpaired) electrons. The summed E-state index contributed by atoms with van der Waals surface area (Å²) in [6, 6.07) is 2.37. The first-order valence-electron chi connectivity index (χ1n) is 4.87. The fourth-order valence-corrected chi connectivity index (χ4v) is 2.36. The van der Waals surface area contributed by atoms with E-state index in [0.29, 0.717) is 13.2 Å². The highest BCUT2D eigenvalue weighted by atomic mass is 16.7. The summed E-state index contributed by atoms with van der Waals surface area (Å²) in [6.45, 7) is 3.36. The number of nitriles is 1. The molecule has 13 heavy (non-hydrogen) atoms. The lowest BCUT2D eigenvalue weighted by molar-refractivity contribution is -0.193. The van der Waals surface area contributed by atoms with Crippen LogP contribution in [0.25, 0.3) is 0 Å². The number of hydrogen-bond donors (Lipinski definition) is 0. The Morgan fingerprint density at radius 1 is 1.23 bits per heavy atom. The molecule has 0 aromatic rings. The highest BCUT2D eigenvalue weighted by Gasteiger charge is 2.46. The predicted molar refractivity (Wildman–Crippen MR) is 46.8 cm³/mol. The first-order valence-corrected chi connectivity index (χ1v) is 4.87. The van der Waals surface area contributed by atoms with Crippen LogP contribution in [0, 0.1) is 16.7 Å². The van der Waals surface area contributed by atoms with E-state index in [4.69, 9.17) is 14.7 Å². The van der Waals surface area contributed by atoms with Crippen LogP contribution in [-0.2, 0) is 9.47 Å². The maximum atomic E-state index is 9.03. The van der Waals surface area contributed by atoms with Gasteiger partial charge in [0.2, 0.25) is 0 Å². The molecule has 1 heterocycles. The van der Waals surface area contributed by atoms with Crippen molar-refractivity contribution in [1.82, 2.24) is 0 Å². The molecule has 2 aliphatic rings. The highest BCUT2D eigenvalue weighted by Crippen LogP contribution is 2.44. The van der Waals surface area contributed by atoms with E-state index in [1.54, 1.807) is 0 Å². The molecule has 0 amide bonds. The molecule has 1 saturated carbocycles. The van der Waals surface area contributed by atoms with Gasteiger partial charge in [0, 0.05) is 12.8 Å². The summed E-state index contributed by atoms with van der Waals surface area (Å²) >= 11 is 0. The fraction of sp³-hybridized carbons (Fsp3) is 0.900. The summed E-state index contributed by atoms with van der Waals surface area (Å²) in [7, 11) is 0. The molecule has 0 aromatic heterocycles. The van der Waals surface area contributed by atoms with Crippen LogP contribution in [0.4, 0.5) is 0 Å². The molecule has 72 valence electrons. The molecule has 1 aliphatic carbocycles. The van der Waals surface area contributed by atoms with Gasteiger partial charge in [-0.3, -0.25) is 0 Å². The normalized spacial score (nSPS) is 37.5. The maximum absolute atomic E-state index is 9.03. The van der Waals surface area contributed by atoms with E-state index in [0.717, 1.165) is 25.7 Å². The molecule has 1 saturated heterocycles. The Kier molecular flexibility index (Phi) is 2.05. The Bertz CT molecular complexity index is 240. The van der Waals surface area contributed by atoms with E-state index >= 15 is 0 Å². The monoisotopic (exact) mass is 181 g/mol. The largest absolute Gasteiger partial charge is 0.347 e. The van der Waals surface area contributed by atoms with Crippen molar-refractivity contribution in [1.29, 1.82) is 5.26 Å². The standard InChI is InChI=1S/C10H15NO2/c1-9(8-11)3-2-4-10(7-9)12-5-6-13-10/h2-7H2,1H3. The molecular formula is C10H15NO2. The first-order chi connectivity index (χ1) is 6.18. The maximum Gasteiger partial charge on any atom is 0.170 e. The highest BCUT2D eigenvalue weighted by molar-refractivity contribution is 5.02. The molecule has 2 fully saturated rings. The molecule has 1 unspecified atom stereocenters. The van der Waals surface area contributed by atoms with E-state index in [9.17, 15) is 0 Å². The van der Waals surface area contributed by atoms with Gasteiger partial charge in [0.1, 0.15) is 0 Å². The molecule has 0 N–H and O–H groups in total. The predicted octanol–water partition coefficient (Wildman–Crippen LogP) is 1.83. The van der Waals surface area contributed by atoms with E-state index in [1.165, 1.54) is 0 Å². The smallest absolute Gasteiger partial charge is 0.170 e. The van der Waals surface area contributed by atoms with Gasteiger partial charge in [0.25, 0.3) is 0 Å². The second kappa shape index (κ2) is 2.97. The minimum absolute atomic E-state index is 0.247. The third-order valence-electron chi connectivity index (χ3n) is 3.03. The van der Waals surface area contributed by atoms with Gasteiger partial charge in [-0.05, 0) is 19.8 Å². The zero-order valence-electron chi connectivity index (χ0n) is 8.01. The van der Waals surface area contributed by atoms with Crippen LogP contribution in [0.5, 0.6) is 0 Å². The van der Waals surface area contributed by atoms with Crippen LogP contribution in [0.1, 0.15) is 32.6 Å². The van der Waals surface area contributed by atoms with Crippen molar-refractivity contribution >= 4 is 0 Å². The van der Waals surface area contributed by atoms with Crippen molar-refractivity contribution < 1.29 is 9.47 Å². The van der Waals surface area contributed by atoms with E-state index < -0.39 is 5.79 Å². The number of nitrogens with zero attached hydrogens (tertiary/aromatic N) is 1. The Morgan fingerprint density at radius 2 is 1.92 bits per heavy atom. The molecule has 2 rings (SSSR count). The van der Waals surface area contributed by atoms with Gasteiger partial charge in [0.15, 0.2) is 5.79 Å². The first kappa shape index (κ1) is 8.98. The molecular weight excluding hydrogens is 166 g/mol. The van der Waals surface area contributed by atoms with Crippen LogP contribution in [0.3, 0.4) is 0 Å². The molecule has 0 bridgehead atoms. The minimum atomic E-state index is -0.414. The number of hydrogen-bond acceptors (Lipinski definition) is 3. The molecule has 1 atom stereocenters. The average molecular weight is 181 g/mol. The van der Waals surface area contributed by atoms with Crippen LogP contribution >= 0.6 is 0 Å². The Labute approximate surface area is 78.6 Å². The van der Waals surface area contributed by atoms with Crippen molar-refractivity contribution in [3.05, 3.63) is 0 Å². The lowest BCUT2D eigenvalue weighted by Gasteiger charge is -2.38. The summed E-state index contributed by atoms with van der Waals surface area (Å²) in [6.07, 6.45) is 3.68. The summed E-state index contributed by atoms with van der Waals surface area (Å²) in [5.74, 6) is -0.414. The van der Waals surface area contributed by atoms with Crippen molar-refractivity contribution in [2.24, 2.45) is 5.41 Å². The lowest BCUT2D eigenvalue weighted by Crippen LogP contribution is -2.40. The SMILES string of the molecule is CC1(C#N)CCCC2(C1)OCCO2. The van der Waals surface area contributed by atoms with Crippen molar-refractivity contribution in [3.8, 4) is 6.07 Å². The van der Waals surface area contributed by atoms with Crippen molar-refractivity contribution in [2.45, 2.75) is 38.4 Å². The molecule has 3 nitrogen and oxygen atoms in total. The quantitative estimate of drug-likeness (QED) is 0.572. The van der Waals surface area contributed by atoms with Gasteiger partial charge >= 0.3 is 0 Å². The average Bonchev–Trinajstić information content (AvgIpc) is 2.53. The van der Waals surface area contributed by atoms with Gasteiger partial charge in [-0.2, -0.15) is 5.26 Å².